The lowest BCUT2D eigenvalue weighted by Crippen LogP contribution is -2.23. The van der Waals surface area contributed by atoms with E-state index < -0.39 is 10.0 Å². The molecule has 1 heterocycles. The SMILES string of the molecule is O=S(=O)(NCc1ccc(Cl)nc1)c1ccccc1. The zero-order valence-corrected chi connectivity index (χ0v) is 10.9. The maximum Gasteiger partial charge on any atom is 0.240 e. The summed E-state index contributed by atoms with van der Waals surface area (Å²) >= 11 is 5.65. The van der Waals surface area contributed by atoms with Gasteiger partial charge in [-0.05, 0) is 23.8 Å². The molecule has 0 aliphatic carbocycles. The summed E-state index contributed by atoms with van der Waals surface area (Å²) in [5.74, 6) is 0. The van der Waals surface area contributed by atoms with Crippen molar-refractivity contribution in [2.75, 3.05) is 0 Å². The molecule has 0 amide bonds. The number of nitrogens with one attached hydrogen (secondary N) is 1. The van der Waals surface area contributed by atoms with Gasteiger partial charge in [0.1, 0.15) is 5.15 Å². The van der Waals surface area contributed by atoms with Gasteiger partial charge in [0.05, 0.1) is 4.90 Å². The van der Waals surface area contributed by atoms with E-state index in [0.29, 0.717) is 5.15 Å². The van der Waals surface area contributed by atoms with E-state index in [2.05, 4.69) is 9.71 Å². The summed E-state index contributed by atoms with van der Waals surface area (Å²) in [5.41, 5.74) is 0.749. The largest absolute Gasteiger partial charge is 0.244 e. The van der Waals surface area contributed by atoms with Gasteiger partial charge < -0.3 is 0 Å². The standard InChI is InChI=1S/C12H11ClN2O2S/c13-12-7-6-10(8-14-12)9-15-18(16,17)11-4-2-1-3-5-11/h1-8,15H,9H2. The fourth-order valence-electron chi connectivity index (χ4n) is 1.37. The molecule has 0 spiro atoms. The van der Waals surface area contributed by atoms with E-state index in [1.807, 2.05) is 0 Å². The molecule has 0 aliphatic rings. The Labute approximate surface area is 111 Å². The van der Waals surface area contributed by atoms with Crippen LogP contribution in [0.5, 0.6) is 0 Å². The molecular formula is C12H11ClN2O2S. The fraction of sp³-hybridized carbons (Fsp3) is 0.0833. The van der Waals surface area contributed by atoms with E-state index in [9.17, 15) is 8.42 Å². The van der Waals surface area contributed by atoms with Crippen LogP contribution in [0.1, 0.15) is 5.56 Å². The third kappa shape index (κ3) is 3.29. The molecular weight excluding hydrogens is 272 g/mol. The van der Waals surface area contributed by atoms with Gasteiger partial charge in [0.15, 0.2) is 0 Å². The topological polar surface area (TPSA) is 59.1 Å². The van der Waals surface area contributed by atoms with Gasteiger partial charge in [-0.2, -0.15) is 0 Å². The molecule has 0 unspecified atom stereocenters. The van der Waals surface area contributed by atoms with Gasteiger partial charge in [-0.3, -0.25) is 0 Å². The van der Waals surface area contributed by atoms with Crippen molar-refractivity contribution < 1.29 is 8.42 Å². The summed E-state index contributed by atoms with van der Waals surface area (Å²) in [5, 5.41) is 0.379. The first kappa shape index (κ1) is 13.0. The summed E-state index contributed by atoms with van der Waals surface area (Å²) in [7, 11) is -3.48. The summed E-state index contributed by atoms with van der Waals surface area (Å²) in [6, 6.07) is 11.6. The van der Waals surface area contributed by atoms with Crippen molar-refractivity contribution in [3.63, 3.8) is 0 Å². The summed E-state index contributed by atoms with van der Waals surface area (Å²) in [6.45, 7) is 0.182. The van der Waals surface area contributed by atoms with Gasteiger partial charge in [-0.1, -0.05) is 35.9 Å². The van der Waals surface area contributed by atoms with Crippen LogP contribution in [0.15, 0.2) is 53.6 Å². The molecule has 6 heteroatoms. The van der Waals surface area contributed by atoms with Gasteiger partial charge in [0, 0.05) is 12.7 Å². The molecule has 1 N–H and O–H groups in total. The second-order valence-corrected chi connectivity index (χ2v) is 5.78. The van der Waals surface area contributed by atoms with E-state index >= 15 is 0 Å². The fourth-order valence-corrected chi connectivity index (χ4v) is 2.52. The highest BCUT2D eigenvalue weighted by Crippen LogP contribution is 2.09. The van der Waals surface area contributed by atoms with Crippen molar-refractivity contribution in [2.24, 2.45) is 0 Å². The number of benzene rings is 1. The van der Waals surface area contributed by atoms with Crippen LogP contribution in [0, 0.1) is 0 Å². The maximum absolute atomic E-state index is 11.9. The molecule has 1 aromatic heterocycles. The van der Waals surface area contributed by atoms with E-state index in [0.717, 1.165) is 5.56 Å². The van der Waals surface area contributed by atoms with Crippen molar-refractivity contribution in [1.82, 2.24) is 9.71 Å². The molecule has 0 fully saturated rings. The lowest BCUT2D eigenvalue weighted by Gasteiger charge is -2.06. The van der Waals surface area contributed by atoms with Crippen LogP contribution in [0.25, 0.3) is 0 Å². The highest BCUT2D eigenvalue weighted by atomic mass is 35.5. The Morgan fingerprint density at radius 2 is 1.83 bits per heavy atom. The van der Waals surface area contributed by atoms with E-state index in [-0.39, 0.29) is 11.4 Å². The van der Waals surface area contributed by atoms with Crippen molar-refractivity contribution in [3.05, 3.63) is 59.4 Å². The van der Waals surface area contributed by atoms with Crippen LogP contribution in [0.4, 0.5) is 0 Å². The van der Waals surface area contributed by atoms with Crippen LogP contribution in [-0.2, 0) is 16.6 Å². The van der Waals surface area contributed by atoms with E-state index in [1.54, 1.807) is 42.5 Å². The van der Waals surface area contributed by atoms with Crippen molar-refractivity contribution in [2.45, 2.75) is 11.4 Å². The Morgan fingerprint density at radius 1 is 1.11 bits per heavy atom. The van der Waals surface area contributed by atoms with Gasteiger partial charge in [0.25, 0.3) is 0 Å². The highest BCUT2D eigenvalue weighted by molar-refractivity contribution is 7.89. The zero-order valence-electron chi connectivity index (χ0n) is 9.38. The molecule has 94 valence electrons. The van der Waals surface area contributed by atoms with Gasteiger partial charge in [-0.25, -0.2) is 18.1 Å². The number of aromatic nitrogens is 1. The predicted octanol–water partition coefficient (Wildman–Crippen LogP) is 2.21. The maximum atomic E-state index is 11.9. The Balaban J connectivity index is 2.08. The molecule has 18 heavy (non-hydrogen) atoms. The monoisotopic (exact) mass is 282 g/mol. The lowest BCUT2D eigenvalue weighted by molar-refractivity contribution is 0.581. The van der Waals surface area contributed by atoms with Crippen LogP contribution in [-0.4, -0.2) is 13.4 Å². The molecule has 0 radical (unpaired) electrons. The lowest BCUT2D eigenvalue weighted by atomic mass is 10.3. The van der Waals surface area contributed by atoms with E-state index in [1.165, 1.54) is 6.20 Å². The average Bonchev–Trinajstić information content (AvgIpc) is 2.39. The van der Waals surface area contributed by atoms with Crippen LogP contribution in [0.3, 0.4) is 0 Å². The summed E-state index contributed by atoms with van der Waals surface area (Å²) < 4.78 is 26.3. The van der Waals surface area contributed by atoms with Gasteiger partial charge in [0.2, 0.25) is 10.0 Å². The Morgan fingerprint density at radius 3 is 2.44 bits per heavy atom. The highest BCUT2D eigenvalue weighted by Gasteiger charge is 2.12. The van der Waals surface area contributed by atoms with E-state index in [4.69, 9.17) is 11.6 Å². The first-order chi connectivity index (χ1) is 8.58. The molecule has 2 aromatic rings. The minimum absolute atomic E-state index is 0.182. The number of hydrogen-bond acceptors (Lipinski definition) is 3. The molecule has 4 nitrogen and oxygen atoms in total. The number of nitrogens with zero attached hydrogens (tertiary/aromatic N) is 1. The first-order valence-electron chi connectivity index (χ1n) is 5.23. The molecule has 2 rings (SSSR count). The van der Waals surface area contributed by atoms with Crippen LogP contribution >= 0.6 is 11.6 Å². The molecule has 0 bridgehead atoms. The molecule has 0 aliphatic heterocycles. The van der Waals surface area contributed by atoms with Gasteiger partial charge in [-0.15, -0.1) is 0 Å². The third-order valence-corrected chi connectivity index (χ3v) is 3.95. The predicted molar refractivity (Wildman–Crippen MR) is 69.7 cm³/mol. The Hall–Kier alpha value is -1.43. The molecule has 1 aromatic carbocycles. The minimum atomic E-state index is -3.48. The smallest absolute Gasteiger partial charge is 0.240 e. The Kier molecular flexibility index (Phi) is 3.96. The number of sulfonamides is 1. The summed E-state index contributed by atoms with van der Waals surface area (Å²) in [6.07, 6.45) is 1.54. The van der Waals surface area contributed by atoms with Crippen molar-refractivity contribution in [1.29, 1.82) is 0 Å². The third-order valence-electron chi connectivity index (χ3n) is 2.31. The zero-order chi connectivity index (χ0) is 13.0. The Bertz CT molecular complexity index is 612. The number of pyridine rings is 1. The average molecular weight is 283 g/mol. The van der Waals surface area contributed by atoms with Crippen molar-refractivity contribution >= 4 is 21.6 Å². The second kappa shape index (κ2) is 5.48. The second-order valence-electron chi connectivity index (χ2n) is 3.63. The quantitative estimate of drug-likeness (QED) is 0.875. The first-order valence-corrected chi connectivity index (χ1v) is 7.09. The number of halogens is 1. The minimum Gasteiger partial charge on any atom is -0.244 e. The van der Waals surface area contributed by atoms with Crippen LogP contribution in [0.2, 0.25) is 5.15 Å². The van der Waals surface area contributed by atoms with Crippen LogP contribution < -0.4 is 4.72 Å². The van der Waals surface area contributed by atoms with Gasteiger partial charge >= 0.3 is 0 Å². The molecule has 0 atom stereocenters. The molecule has 0 saturated carbocycles. The normalized spacial score (nSPS) is 11.4. The summed E-state index contributed by atoms with van der Waals surface area (Å²) in [4.78, 5) is 4.13. The number of rotatable bonds is 4. The number of hydrogen-bond donors (Lipinski definition) is 1. The van der Waals surface area contributed by atoms with Crippen molar-refractivity contribution in [3.8, 4) is 0 Å². The molecule has 0 saturated heterocycles.